The number of amides is 1. The zero-order valence-corrected chi connectivity index (χ0v) is 11.1. The molecule has 1 aromatic carbocycles. The molecular weight excluding hydrogens is 260 g/mol. The number of rotatable bonds is 4. The summed E-state index contributed by atoms with van der Waals surface area (Å²) in [6.07, 6.45) is -0.162. The molecule has 1 amide bonds. The lowest BCUT2D eigenvalue weighted by atomic mass is 10.1. The van der Waals surface area contributed by atoms with Crippen LogP contribution in [-0.4, -0.2) is 22.0 Å². The molecule has 0 saturated carbocycles. The maximum Gasteiger partial charge on any atom is 0.307 e. The Bertz CT molecular complexity index is 661. The largest absolute Gasteiger partial charge is 0.481 e. The summed E-state index contributed by atoms with van der Waals surface area (Å²) in [5.74, 6) is -0.863. The van der Waals surface area contributed by atoms with Crippen molar-refractivity contribution in [1.82, 2.24) is 4.98 Å². The minimum absolute atomic E-state index is 0.132. The van der Waals surface area contributed by atoms with Gasteiger partial charge in [0.25, 0.3) is 5.91 Å². The van der Waals surface area contributed by atoms with Gasteiger partial charge in [-0.05, 0) is 18.6 Å². The minimum Gasteiger partial charge on any atom is -0.481 e. The van der Waals surface area contributed by atoms with Crippen molar-refractivity contribution in [1.29, 1.82) is 0 Å². The molecule has 0 fully saturated rings. The van der Waals surface area contributed by atoms with E-state index in [-0.39, 0.29) is 12.2 Å². The summed E-state index contributed by atoms with van der Waals surface area (Å²) in [6, 6.07) is 6.74. The smallest absolute Gasteiger partial charge is 0.307 e. The second kappa shape index (κ2) is 5.56. The van der Waals surface area contributed by atoms with E-state index in [0.29, 0.717) is 22.8 Å². The number of para-hydroxylation sites is 1. The molecule has 1 aromatic heterocycles. The van der Waals surface area contributed by atoms with Crippen LogP contribution in [0, 0.1) is 13.8 Å². The predicted molar refractivity (Wildman–Crippen MR) is 71.7 cm³/mol. The Balaban J connectivity index is 2.24. The van der Waals surface area contributed by atoms with Gasteiger partial charge in [0.05, 0.1) is 12.1 Å². The monoisotopic (exact) mass is 274 g/mol. The fourth-order valence-corrected chi connectivity index (χ4v) is 1.88. The lowest BCUT2D eigenvalue weighted by Gasteiger charge is -2.08. The van der Waals surface area contributed by atoms with Crippen molar-refractivity contribution in [2.75, 3.05) is 5.32 Å². The number of hydrogen-bond donors (Lipinski definition) is 2. The third-order valence-corrected chi connectivity index (χ3v) is 2.72. The summed E-state index contributed by atoms with van der Waals surface area (Å²) >= 11 is 0. The van der Waals surface area contributed by atoms with Crippen LogP contribution in [0.25, 0.3) is 0 Å². The highest BCUT2D eigenvalue weighted by atomic mass is 16.4. The average molecular weight is 274 g/mol. The van der Waals surface area contributed by atoms with Gasteiger partial charge in [-0.2, -0.15) is 0 Å². The number of anilines is 1. The van der Waals surface area contributed by atoms with Crippen LogP contribution in [0.3, 0.4) is 0 Å². The van der Waals surface area contributed by atoms with Gasteiger partial charge in [-0.25, -0.2) is 4.98 Å². The van der Waals surface area contributed by atoms with Gasteiger partial charge >= 0.3 is 5.97 Å². The van der Waals surface area contributed by atoms with E-state index in [1.165, 1.54) is 0 Å². The second-order valence-corrected chi connectivity index (χ2v) is 4.33. The predicted octanol–water partition coefficient (Wildman–Crippen LogP) is 2.17. The maximum absolute atomic E-state index is 12.1. The van der Waals surface area contributed by atoms with Crippen LogP contribution >= 0.6 is 0 Å². The van der Waals surface area contributed by atoms with E-state index < -0.39 is 11.9 Å². The Morgan fingerprint density at radius 1 is 1.30 bits per heavy atom. The van der Waals surface area contributed by atoms with Crippen molar-refractivity contribution in [3.05, 3.63) is 47.2 Å². The molecule has 0 radical (unpaired) electrons. The van der Waals surface area contributed by atoms with Gasteiger partial charge in [0.2, 0.25) is 5.76 Å². The standard InChI is InChI=1S/C14H14N2O4/c1-8-13(20-9(2)15-8)14(19)16-11-6-4-3-5-10(11)7-12(17)18/h3-6H,7H2,1-2H3,(H,16,19)(H,17,18). The molecule has 6 heteroatoms. The van der Waals surface area contributed by atoms with Crippen molar-refractivity contribution in [3.63, 3.8) is 0 Å². The summed E-state index contributed by atoms with van der Waals surface area (Å²) < 4.78 is 5.23. The summed E-state index contributed by atoms with van der Waals surface area (Å²) in [4.78, 5) is 26.9. The van der Waals surface area contributed by atoms with E-state index >= 15 is 0 Å². The molecule has 0 saturated heterocycles. The van der Waals surface area contributed by atoms with Crippen LogP contribution < -0.4 is 5.32 Å². The van der Waals surface area contributed by atoms with Gasteiger partial charge in [-0.15, -0.1) is 0 Å². The molecular formula is C14H14N2O4. The summed E-state index contributed by atoms with van der Waals surface area (Å²) in [6.45, 7) is 3.33. The molecule has 6 nitrogen and oxygen atoms in total. The van der Waals surface area contributed by atoms with Gasteiger partial charge in [0.15, 0.2) is 5.89 Å². The number of carboxylic acid groups (broad SMARTS) is 1. The third-order valence-electron chi connectivity index (χ3n) is 2.72. The van der Waals surface area contributed by atoms with Crippen LogP contribution in [-0.2, 0) is 11.2 Å². The number of nitrogens with one attached hydrogen (secondary N) is 1. The molecule has 104 valence electrons. The van der Waals surface area contributed by atoms with Crippen molar-refractivity contribution in [2.45, 2.75) is 20.3 Å². The molecule has 0 unspecified atom stereocenters. The molecule has 0 spiro atoms. The van der Waals surface area contributed by atoms with Gasteiger partial charge in [-0.3, -0.25) is 9.59 Å². The number of aryl methyl sites for hydroxylation is 2. The molecule has 2 aromatic rings. The zero-order chi connectivity index (χ0) is 14.7. The van der Waals surface area contributed by atoms with Gasteiger partial charge in [0, 0.05) is 12.6 Å². The maximum atomic E-state index is 12.1. The van der Waals surface area contributed by atoms with Crippen LogP contribution in [0.2, 0.25) is 0 Å². The van der Waals surface area contributed by atoms with E-state index in [4.69, 9.17) is 9.52 Å². The third kappa shape index (κ3) is 3.03. The topological polar surface area (TPSA) is 92.4 Å². The summed E-state index contributed by atoms with van der Waals surface area (Å²) in [5.41, 5.74) is 1.48. The SMILES string of the molecule is Cc1nc(C)c(C(=O)Nc2ccccc2CC(=O)O)o1. The Labute approximate surface area is 115 Å². The van der Waals surface area contributed by atoms with Crippen molar-refractivity contribution >= 4 is 17.6 Å². The molecule has 2 N–H and O–H groups in total. The van der Waals surface area contributed by atoms with Crippen LogP contribution in [0.15, 0.2) is 28.7 Å². The Morgan fingerprint density at radius 2 is 2.00 bits per heavy atom. The molecule has 0 bridgehead atoms. The number of oxazole rings is 1. The lowest BCUT2D eigenvalue weighted by Crippen LogP contribution is -2.14. The number of benzene rings is 1. The first-order chi connectivity index (χ1) is 9.47. The van der Waals surface area contributed by atoms with E-state index in [1.54, 1.807) is 38.1 Å². The summed E-state index contributed by atoms with van der Waals surface area (Å²) in [7, 11) is 0. The Kier molecular flexibility index (Phi) is 3.84. The average Bonchev–Trinajstić information content (AvgIpc) is 2.70. The highest BCUT2D eigenvalue weighted by molar-refractivity contribution is 6.03. The van der Waals surface area contributed by atoms with Gasteiger partial charge in [0.1, 0.15) is 0 Å². The van der Waals surface area contributed by atoms with Crippen molar-refractivity contribution in [2.24, 2.45) is 0 Å². The van der Waals surface area contributed by atoms with Crippen molar-refractivity contribution < 1.29 is 19.1 Å². The molecule has 0 aliphatic heterocycles. The first-order valence-electron chi connectivity index (χ1n) is 6.02. The fourth-order valence-electron chi connectivity index (χ4n) is 1.88. The minimum atomic E-state index is -0.960. The fraction of sp³-hybridized carbons (Fsp3) is 0.214. The van der Waals surface area contributed by atoms with E-state index in [1.807, 2.05) is 0 Å². The normalized spacial score (nSPS) is 10.3. The molecule has 0 atom stereocenters. The molecule has 2 rings (SSSR count). The first-order valence-corrected chi connectivity index (χ1v) is 6.02. The highest BCUT2D eigenvalue weighted by Crippen LogP contribution is 2.18. The molecule has 20 heavy (non-hydrogen) atoms. The first kappa shape index (κ1) is 13.8. The van der Waals surface area contributed by atoms with Gasteiger partial charge in [-0.1, -0.05) is 18.2 Å². The number of nitrogens with zero attached hydrogens (tertiary/aromatic N) is 1. The lowest BCUT2D eigenvalue weighted by molar-refractivity contribution is -0.136. The quantitative estimate of drug-likeness (QED) is 0.891. The number of aliphatic carboxylic acids is 1. The molecule has 0 aliphatic rings. The second-order valence-electron chi connectivity index (χ2n) is 4.33. The van der Waals surface area contributed by atoms with E-state index in [9.17, 15) is 9.59 Å². The zero-order valence-electron chi connectivity index (χ0n) is 11.1. The molecule has 1 heterocycles. The Hall–Kier alpha value is -2.63. The number of carboxylic acids is 1. The number of hydrogen-bond acceptors (Lipinski definition) is 4. The van der Waals surface area contributed by atoms with Gasteiger partial charge < -0.3 is 14.8 Å². The van der Waals surface area contributed by atoms with Crippen LogP contribution in [0.1, 0.15) is 27.7 Å². The molecule has 0 aliphatic carbocycles. The number of carbonyl (C=O) groups is 2. The summed E-state index contributed by atoms with van der Waals surface area (Å²) in [5, 5.41) is 11.5. The highest BCUT2D eigenvalue weighted by Gasteiger charge is 2.17. The van der Waals surface area contributed by atoms with Crippen LogP contribution in [0.4, 0.5) is 5.69 Å². The van der Waals surface area contributed by atoms with E-state index in [0.717, 1.165) is 0 Å². The number of carbonyl (C=O) groups excluding carboxylic acids is 1. The van der Waals surface area contributed by atoms with Crippen LogP contribution in [0.5, 0.6) is 0 Å². The number of aromatic nitrogens is 1. The Morgan fingerprint density at radius 3 is 2.60 bits per heavy atom. The van der Waals surface area contributed by atoms with E-state index in [2.05, 4.69) is 10.3 Å². The van der Waals surface area contributed by atoms with Crippen molar-refractivity contribution in [3.8, 4) is 0 Å².